The van der Waals surface area contributed by atoms with Crippen molar-refractivity contribution in [1.82, 2.24) is 0 Å². The van der Waals surface area contributed by atoms with Crippen molar-refractivity contribution in [2.24, 2.45) is 0 Å². The van der Waals surface area contributed by atoms with Gasteiger partial charge in [0, 0.05) is 0 Å². The highest BCUT2D eigenvalue weighted by Gasteiger charge is 2.16. The molecule has 0 aliphatic rings. The fraction of sp³-hybridized carbons (Fsp3) is 0.333. The molecule has 1 nitrogen and oxygen atoms in total. The molecule has 0 aromatic carbocycles. The first kappa shape index (κ1) is 9.62. The molecule has 0 aliphatic heterocycles. The third-order valence-electron chi connectivity index (χ3n) is 1.16. The summed E-state index contributed by atoms with van der Waals surface area (Å²) in [6, 6.07) is 0. The lowest BCUT2D eigenvalue weighted by Crippen LogP contribution is -1.85. The van der Waals surface area contributed by atoms with E-state index in [1.54, 1.807) is 6.92 Å². The highest BCUT2D eigenvalue weighted by Crippen LogP contribution is 2.42. The summed E-state index contributed by atoms with van der Waals surface area (Å²) in [7, 11) is 0. The van der Waals surface area contributed by atoms with E-state index in [1.165, 1.54) is 11.3 Å². The number of hydrogen-bond donors (Lipinski definition) is 1. The molecule has 1 rings (SSSR count). The summed E-state index contributed by atoms with van der Waals surface area (Å²) in [5.74, 6) is 0. The molecule has 1 aromatic rings. The lowest BCUT2D eigenvalue weighted by Gasteiger charge is -1.98. The van der Waals surface area contributed by atoms with Crippen molar-refractivity contribution in [2.45, 2.75) is 13.0 Å². The molecule has 1 aromatic heterocycles. The van der Waals surface area contributed by atoms with Crippen molar-refractivity contribution < 1.29 is 5.11 Å². The van der Waals surface area contributed by atoms with Crippen molar-refractivity contribution in [3.63, 3.8) is 0 Å². The van der Waals surface area contributed by atoms with E-state index in [1.807, 2.05) is 0 Å². The molecule has 11 heavy (non-hydrogen) atoms. The summed E-state index contributed by atoms with van der Waals surface area (Å²) in [6.07, 6.45) is -0.613. The number of aliphatic hydroxyl groups is 1. The number of thiophene rings is 1. The quantitative estimate of drug-likeness (QED) is 0.780. The van der Waals surface area contributed by atoms with E-state index >= 15 is 0 Å². The predicted octanol–water partition coefficient (Wildman–Crippen LogP) is 3.76. The van der Waals surface area contributed by atoms with Gasteiger partial charge in [-0.05, 0) is 6.92 Å². The molecule has 62 valence electrons. The van der Waals surface area contributed by atoms with Crippen LogP contribution in [0.3, 0.4) is 0 Å². The third-order valence-corrected chi connectivity index (χ3v) is 3.92. The lowest BCUT2D eigenvalue weighted by molar-refractivity contribution is 0.203. The molecule has 0 fully saturated rings. The van der Waals surface area contributed by atoms with Gasteiger partial charge in [-0.25, -0.2) is 0 Å². The van der Waals surface area contributed by atoms with E-state index in [9.17, 15) is 0 Å². The van der Waals surface area contributed by atoms with Gasteiger partial charge in [0.05, 0.1) is 21.0 Å². The van der Waals surface area contributed by atoms with Crippen molar-refractivity contribution in [3.8, 4) is 0 Å². The minimum atomic E-state index is -0.613. The highest BCUT2D eigenvalue weighted by molar-refractivity contribution is 7.17. The smallest absolute Gasteiger partial charge is 0.113 e. The SMILES string of the molecule is C[C@@H](O)c1sc(Cl)c(Cl)c1Cl. The van der Waals surface area contributed by atoms with Crippen LogP contribution >= 0.6 is 46.1 Å². The van der Waals surface area contributed by atoms with Gasteiger partial charge in [-0.2, -0.15) is 0 Å². The van der Waals surface area contributed by atoms with Gasteiger partial charge in [-0.3, -0.25) is 0 Å². The number of rotatable bonds is 1. The van der Waals surface area contributed by atoms with Gasteiger partial charge < -0.3 is 5.11 Å². The van der Waals surface area contributed by atoms with Gasteiger partial charge in [0.25, 0.3) is 0 Å². The average Bonchev–Trinajstić information content (AvgIpc) is 2.17. The van der Waals surface area contributed by atoms with Crippen molar-refractivity contribution in [1.29, 1.82) is 0 Å². The topological polar surface area (TPSA) is 20.2 Å². The van der Waals surface area contributed by atoms with Crippen LogP contribution in [-0.4, -0.2) is 5.11 Å². The molecule has 5 heteroatoms. The third kappa shape index (κ3) is 1.82. The second kappa shape index (κ2) is 3.50. The van der Waals surface area contributed by atoms with E-state index in [0.717, 1.165) is 0 Å². The number of hydrogen-bond acceptors (Lipinski definition) is 2. The standard InChI is InChI=1S/C6H5Cl3OS/c1-2(10)5-3(7)4(8)6(9)11-5/h2,10H,1H3/t2-/m1/s1. The van der Waals surface area contributed by atoms with Crippen LogP contribution in [0.2, 0.25) is 14.4 Å². The molecule has 0 saturated carbocycles. The molecule has 0 aliphatic carbocycles. The van der Waals surface area contributed by atoms with Crippen LogP contribution < -0.4 is 0 Å². The maximum absolute atomic E-state index is 9.15. The summed E-state index contributed by atoms with van der Waals surface area (Å²) in [4.78, 5) is 0.613. The first-order valence-electron chi connectivity index (χ1n) is 2.85. The van der Waals surface area contributed by atoms with Gasteiger partial charge in [-0.15, -0.1) is 11.3 Å². The van der Waals surface area contributed by atoms with Crippen LogP contribution in [0.1, 0.15) is 17.9 Å². The number of halogens is 3. The summed E-state index contributed by atoms with van der Waals surface area (Å²) in [5, 5.41) is 9.84. The Morgan fingerprint density at radius 2 is 1.82 bits per heavy atom. The first-order chi connectivity index (χ1) is 5.04. The van der Waals surface area contributed by atoms with E-state index in [2.05, 4.69) is 0 Å². The highest BCUT2D eigenvalue weighted by atomic mass is 35.5. The molecule has 0 saturated heterocycles. The van der Waals surface area contributed by atoms with Gasteiger partial charge >= 0.3 is 0 Å². The number of aliphatic hydroxyl groups excluding tert-OH is 1. The van der Waals surface area contributed by atoms with E-state index in [0.29, 0.717) is 19.3 Å². The van der Waals surface area contributed by atoms with Crippen LogP contribution in [0.4, 0.5) is 0 Å². The van der Waals surface area contributed by atoms with Gasteiger partial charge in [0.1, 0.15) is 4.34 Å². The average molecular weight is 232 g/mol. The largest absolute Gasteiger partial charge is 0.388 e. The molecule has 0 bridgehead atoms. The Hall–Kier alpha value is 0.530. The fourth-order valence-corrected chi connectivity index (χ4v) is 2.49. The monoisotopic (exact) mass is 230 g/mol. The first-order valence-corrected chi connectivity index (χ1v) is 4.80. The summed E-state index contributed by atoms with van der Waals surface area (Å²) in [5.41, 5.74) is 0. The van der Waals surface area contributed by atoms with Crippen LogP contribution in [-0.2, 0) is 0 Å². The maximum atomic E-state index is 9.15. The molecule has 1 atom stereocenters. The lowest BCUT2D eigenvalue weighted by atomic mass is 10.3. The Balaban J connectivity index is 3.19. The van der Waals surface area contributed by atoms with E-state index in [-0.39, 0.29) is 0 Å². The second-order valence-electron chi connectivity index (χ2n) is 2.04. The van der Waals surface area contributed by atoms with Crippen molar-refractivity contribution in [2.75, 3.05) is 0 Å². The van der Waals surface area contributed by atoms with Gasteiger partial charge in [0.2, 0.25) is 0 Å². The second-order valence-corrected chi connectivity index (χ2v) is 4.45. The minimum absolute atomic E-state index is 0.328. The molecule has 1 N–H and O–H groups in total. The van der Waals surface area contributed by atoms with Crippen molar-refractivity contribution >= 4 is 46.1 Å². The van der Waals surface area contributed by atoms with E-state index in [4.69, 9.17) is 39.9 Å². The zero-order valence-electron chi connectivity index (χ0n) is 5.57. The Morgan fingerprint density at radius 3 is 2.00 bits per heavy atom. The predicted molar refractivity (Wildman–Crippen MR) is 50.0 cm³/mol. The zero-order valence-corrected chi connectivity index (χ0v) is 8.65. The zero-order chi connectivity index (χ0) is 8.59. The molecule has 0 unspecified atom stereocenters. The van der Waals surface area contributed by atoms with Gasteiger partial charge in [-0.1, -0.05) is 34.8 Å². The summed E-state index contributed by atoms with van der Waals surface area (Å²) >= 11 is 18.3. The maximum Gasteiger partial charge on any atom is 0.113 e. The Morgan fingerprint density at radius 1 is 1.27 bits per heavy atom. The molecular weight excluding hydrogens is 226 g/mol. The van der Waals surface area contributed by atoms with Gasteiger partial charge in [0.15, 0.2) is 0 Å². The Kier molecular flexibility index (Phi) is 3.06. The van der Waals surface area contributed by atoms with E-state index < -0.39 is 6.10 Å². The Labute approximate surface area is 83.5 Å². The van der Waals surface area contributed by atoms with Crippen LogP contribution in [0.25, 0.3) is 0 Å². The minimum Gasteiger partial charge on any atom is -0.388 e. The Bertz CT molecular complexity index is 269. The fourth-order valence-electron chi connectivity index (χ4n) is 0.649. The normalized spacial score (nSPS) is 13.5. The van der Waals surface area contributed by atoms with Crippen molar-refractivity contribution in [3.05, 3.63) is 19.3 Å². The molecular formula is C6H5Cl3OS. The molecule has 0 spiro atoms. The summed E-state index contributed by atoms with van der Waals surface area (Å²) < 4.78 is 0.424. The van der Waals surface area contributed by atoms with Crippen LogP contribution in [0, 0.1) is 0 Å². The molecule has 0 amide bonds. The van der Waals surface area contributed by atoms with Crippen LogP contribution in [0.5, 0.6) is 0 Å². The molecule has 1 heterocycles. The van der Waals surface area contributed by atoms with Crippen LogP contribution in [0.15, 0.2) is 0 Å². The molecule has 0 radical (unpaired) electrons. The summed E-state index contributed by atoms with van der Waals surface area (Å²) in [6.45, 7) is 1.62.